The average molecular weight is 292 g/mol. The Morgan fingerprint density at radius 3 is 2.82 bits per heavy atom. The van der Waals surface area contributed by atoms with Crippen LogP contribution in [0.1, 0.15) is 44.2 Å². The Morgan fingerprint density at radius 2 is 2.05 bits per heavy atom. The van der Waals surface area contributed by atoms with Crippen molar-refractivity contribution in [1.82, 2.24) is 0 Å². The molecule has 0 fully saturated rings. The molecule has 3 rings (SSSR count). The highest BCUT2D eigenvalue weighted by Crippen LogP contribution is 2.33. The lowest BCUT2D eigenvalue weighted by Gasteiger charge is -2.25. The zero-order valence-electron chi connectivity index (χ0n) is 14.0. The molecule has 2 unspecified atom stereocenters. The van der Waals surface area contributed by atoms with Gasteiger partial charge < -0.3 is 0 Å². The maximum Gasteiger partial charge on any atom is -0.00417 e. The predicted molar refractivity (Wildman–Crippen MR) is 95.9 cm³/mol. The first-order valence-corrected chi connectivity index (χ1v) is 8.73. The second-order valence-corrected chi connectivity index (χ2v) is 7.33. The lowest BCUT2D eigenvalue weighted by atomic mass is 9.79. The molecule has 0 saturated carbocycles. The highest BCUT2D eigenvalue weighted by atomic mass is 14.3. The second kappa shape index (κ2) is 6.69. The van der Waals surface area contributed by atoms with E-state index >= 15 is 0 Å². The summed E-state index contributed by atoms with van der Waals surface area (Å²) >= 11 is 0. The topological polar surface area (TPSA) is 0 Å². The molecule has 0 amide bonds. The quantitative estimate of drug-likeness (QED) is 0.593. The number of fused-ring (bicyclic) bond motifs is 1. The Hall–Kier alpha value is -1.56. The maximum atomic E-state index is 4.08. The zero-order valence-corrected chi connectivity index (χ0v) is 14.0. The van der Waals surface area contributed by atoms with Crippen molar-refractivity contribution in [3.63, 3.8) is 0 Å². The first-order chi connectivity index (χ1) is 10.6. The smallest absolute Gasteiger partial charge is 0.00417 e. The van der Waals surface area contributed by atoms with E-state index in [1.165, 1.54) is 36.8 Å². The fraction of sp³-hybridized carbons (Fsp3) is 0.455. The van der Waals surface area contributed by atoms with Gasteiger partial charge in [-0.05, 0) is 67.9 Å². The fourth-order valence-corrected chi connectivity index (χ4v) is 3.80. The van der Waals surface area contributed by atoms with Crippen molar-refractivity contribution in [1.29, 1.82) is 0 Å². The van der Waals surface area contributed by atoms with Crippen molar-refractivity contribution in [3.8, 4) is 0 Å². The van der Waals surface area contributed by atoms with Crippen molar-refractivity contribution in [3.05, 3.63) is 71.3 Å². The third kappa shape index (κ3) is 3.61. The van der Waals surface area contributed by atoms with E-state index in [4.69, 9.17) is 0 Å². The zero-order chi connectivity index (χ0) is 15.5. The summed E-state index contributed by atoms with van der Waals surface area (Å²) < 4.78 is 0. The number of allylic oxidation sites excluding steroid dienone is 5. The summed E-state index contributed by atoms with van der Waals surface area (Å²) in [5.41, 5.74) is 5.96. The molecule has 0 radical (unpaired) electrons. The summed E-state index contributed by atoms with van der Waals surface area (Å²) in [4.78, 5) is 0. The molecule has 0 spiro atoms. The van der Waals surface area contributed by atoms with Gasteiger partial charge in [0.05, 0.1) is 0 Å². The Kier molecular flexibility index (Phi) is 4.66. The van der Waals surface area contributed by atoms with Crippen LogP contribution in [0.25, 0.3) is 0 Å². The van der Waals surface area contributed by atoms with Gasteiger partial charge in [0.1, 0.15) is 0 Å². The largest absolute Gasteiger partial charge is 0.0999 e. The van der Waals surface area contributed by atoms with Crippen molar-refractivity contribution in [2.75, 3.05) is 0 Å². The third-order valence-corrected chi connectivity index (χ3v) is 5.42. The van der Waals surface area contributed by atoms with Crippen LogP contribution in [0.3, 0.4) is 0 Å². The van der Waals surface area contributed by atoms with Crippen molar-refractivity contribution >= 4 is 0 Å². The molecule has 0 aromatic heterocycles. The molecule has 2 aliphatic carbocycles. The van der Waals surface area contributed by atoms with Gasteiger partial charge in [-0.25, -0.2) is 0 Å². The van der Waals surface area contributed by atoms with E-state index in [2.05, 4.69) is 62.9 Å². The van der Waals surface area contributed by atoms with Gasteiger partial charge in [0.15, 0.2) is 0 Å². The summed E-state index contributed by atoms with van der Waals surface area (Å²) in [6.45, 7) is 8.50. The summed E-state index contributed by atoms with van der Waals surface area (Å²) in [5.74, 6) is 2.09. The van der Waals surface area contributed by atoms with E-state index in [1.807, 2.05) is 0 Å². The van der Waals surface area contributed by atoms with Gasteiger partial charge in [-0.1, -0.05) is 67.1 Å². The molecule has 1 aromatic carbocycles. The molecule has 0 heteroatoms. The van der Waals surface area contributed by atoms with Crippen molar-refractivity contribution in [2.24, 2.45) is 17.8 Å². The van der Waals surface area contributed by atoms with E-state index in [0.29, 0.717) is 11.8 Å². The van der Waals surface area contributed by atoms with Crippen LogP contribution in [0, 0.1) is 17.8 Å². The van der Waals surface area contributed by atoms with Crippen molar-refractivity contribution in [2.45, 2.75) is 46.0 Å². The minimum atomic E-state index is 0.594. The number of aryl methyl sites for hydroxylation is 1. The molecule has 22 heavy (non-hydrogen) atoms. The van der Waals surface area contributed by atoms with Gasteiger partial charge >= 0.3 is 0 Å². The Balaban J connectivity index is 1.56. The van der Waals surface area contributed by atoms with Gasteiger partial charge in [0.2, 0.25) is 0 Å². The molecular formula is C22H28. The van der Waals surface area contributed by atoms with Crippen LogP contribution in [-0.2, 0) is 12.8 Å². The van der Waals surface area contributed by atoms with Crippen molar-refractivity contribution < 1.29 is 0 Å². The minimum Gasteiger partial charge on any atom is -0.0999 e. The molecule has 116 valence electrons. The predicted octanol–water partition coefficient (Wildman–Crippen LogP) is 5.90. The van der Waals surface area contributed by atoms with E-state index < -0.39 is 0 Å². The lowest BCUT2D eigenvalue weighted by Crippen LogP contribution is -2.16. The van der Waals surface area contributed by atoms with Gasteiger partial charge in [-0.2, -0.15) is 0 Å². The van der Waals surface area contributed by atoms with Gasteiger partial charge in [-0.3, -0.25) is 0 Å². The second-order valence-electron chi connectivity index (χ2n) is 7.33. The summed E-state index contributed by atoms with van der Waals surface area (Å²) in [6.07, 6.45) is 13.6. The van der Waals surface area contributed by atoms with Gasteiger partial charge in [0.25, 0.3) is 0 Å². The van der Waals surface area contributed by atoms with Crippen LogP contribution in [0.5, 0.6) is 0 Å². The molecular weight excluding hydrogens is 264 g/mol. The average Bonchev–Trinajstić information content (AvgIpc) is 2.94. The molecule has 0 N–H and O–H groups in total. The number of hydrogen-bond acceptors (Lipinski definition) is 0. The number of rotatable bonds is 5. The molecule has 0 bridgehead atoms. The third-order valence-electron chi connectivity index (χ3n) is 5.42. The highest BCUT2D eigenvalue weighted by Gasteiger charge is 2.22. The van der Waals surface area contributed by atoms with E-state index in [-0.39, 0.29) is 0 Å². The Bertz CT molecular complexity index is 602. The fourth-order valence-electron chi connectivity index (χ4n) is 3.80. The maximum absolute atomic E-state index is 4.08. The summed E-state index contributed by atoms with van der Waals surface area (Å²) in [7, 11) is 0. The molecule has 0 aliphatic heterocycles. The van der Waals surface area contributed by atoms with E-state index in [9.17, 15) is 0 Å². The van der Waals surface area contributed by atoms with Gasteiger partial charge in [-0.15, -0.1) is 0 Å². The van der Waals surface area contributed by atoms with Crippen LogP contribution in [0.15, 0.2) is 60.2 Å². The van der Waals surface area contributed by atoms with Crippen LogP contribution < -0.4 is 0 Å². The summed E-state index contributed by atoms with van der Waals surface area (Å²) in [6, 6.07) is 8.99. The minimum absolute atomic E-state index is 0.594. The lowest BCUT2D eigenvalue weighted by molar-refractivity contribution is 0.402. The van der Waals surface area contributed by atoms with Crippen LogP contribution >= 0.6 is 0 Å². The highest BCUT2D eigenvalue weighted by molar-refractivity contribution is 5.32. The number of hydrogen-bond donors (Lipinski definition) is 0. The first-order valence-electron chi connectivity index (χ1n) is 8.73. The number of benzene rings is 1. The molecule has 0 nitrogen and oxygen atoms in total. The van der Waals surface area contributed by atoms with E-state index in [1.54, 1.807) is 11.1 Å². The van der Waals surface area contributed by atoms with E-state index in [0.717, 1.165) is 12.3 Å². The van der Waals surface area contributed by atoms with Gasteiger partial charge in [0, 0.05) is 0 Å². The monoisotopic (exact) mass is 292 g/mol. The van der Waals surface area contributed by atoms with Crippen LogP contribution in [-0.4, -0.2) is 0 Å². The molecule has 0 heterocycles. The SMILES string of the molecule is C=C(C)[C@@H](C)CC1=CC(CC2CCc3ccccc3C2)C=C1. The Labute approximate surface area is 135 Å². The van der Waals surface area contributed by atoms with Crippen LogP contribution in [0.2, 0.25) is 0 Å². The molecule has 1 aromatic rings. The standard InChI is InChI=1S/C22H28/c1-16(2)17(3)12-18-8-9-19(13-18)14-20-10-11-21-6-4-5-7-22(21)15-20/h4-9,13,17,19-20H,1,10-12,14-15H2,2-3H3/t17-,19?,20?/m0/s1. The van der Waals surface area contributed by atoms with Crippen LogP contribution in [0.4, 0.5) is 0 Å². The Morgan fingerprint density at radius 1 is 1.27 bits per heavy atom. The molecule has 0 saturated heterocycles. The normalized spacial score (nSPS) is 24.7. The molecule has 2 aliphatic rings. The first kappa shape index (κ1) is 15.3. The summed E-state index contributed by atoms with van der Waals surface area (Å²) in [5, 5.41) is 0. The molecule has 3 atom stereocenters.